The van der Waals surface area contributed by atoms with Crippen molar-refractivity contribution in [3.63, 3.8) is 0 Å². The normalized spacial score (nSPS) is 15.4. The molecule has 0 radical (unpaired) electrons. The summed E-state index contributed by atoms with van der Waals surface area (Å²) in [7, 11) is 1.81. The maximum Gasteiger partial charge on any atom is 0.190 e. The van der Waals surface area contributed by atoms with E-state index >= 15 is 0 Å². The van der Waals surface area contributed by atoms with Crippen LogP contribution in [0.15, 0.2) is 4.99 Å². The SMILES string of the molecule is CCCNC(=NC)NCCCc1nnc2n1CCCCC2. The van der Waals surface area contributed by atoms with Gasteiger partial charge in [0.15, 0.2) is 5.96 Å². The first kappa shape index (κ1) is 15.8. The van der Waals surface area contributed by atoms with E-state index in [1.54, 1.807) is 0 Å². The maximum atomic E-state index is 4.37. The van der Waals surface area contributed by atoms with Crippen LogP contribution in [-0.4, -0.2) is 40.9 Å². The smallest absolute Gasteiger partial charge is 0.190 e. The third-order valence-electron chi connectivity index (χ3n) is 3.82. The molecule has 0 aromatic carbocycles. The molecule has 1 aliphatic heterocycles. The highest BCUT2D eigenvalue weighted by Gasteiger charge is 2.13. The predicted molar refractivity (Wildman–Crippen MR) is 85.6 cm³/mol. The van der Waals surface area contributed by atoms with E-state index in [4.69, 9.17) is 0 Å². The Balaban J connectivity index is 1.75. The van der Waals surface area contributed by atoms with Crippen LogP contribution in [0.25, 0.3) is 0 Å². The Hall–Kier alpha value is -1.59. The summed E-state index contributed by atoms with van der Waals surface area (Å²) in [6.45, 7) is 5.10. The second kappa shape index (κ2) is 8.64. The average Bonchev–Trinajstić information content (AvgIpc) is 2.73. The van der Waals surface area contributed by atoms with Crippen molar-refractivity contribution >= 4 is 5.96 Å². The van der Waals surface area contributed by atoms with Gasteiger partial charge in [0.2, 0.25) is 0 Å². The number of nitrogens with one attached hydrogen (secondary N) is 2. The van der Waals surface area contributed by atoms with Gasteiger partial charge in [-0.3, -0.25) is 4.99 Å². The van der Waals surface area contributed by atoms with Gasteiger partial charge in [-0.2, -0.15) is 0 Å². The van der Waals surface area contributed by atoms with Crippen LogP contribution >= 0.6 is 0 Å². The first-order valence-electron chi connectivity index (χ1n) is 8.20. The summed E-state index contributed by atoms with van der Waals surface area (Å²) in [6, 6.07) is 0. The summed E-state index contributed by atoms with van der Waals surface area (Å²) in [5.41, 5.74) is 0. The lowest BCUT2D eigenvalue weighted by Crippen LogP contribution is -2.38. The lowest BCUT2D eigenvalue weighted by molar-refractivity contribution is 0.594. The second-order valence-electron chi connectivity index (χ2n) is 5.52. The van der Waals surface area contributed by atoms with Gasteiger partial charge >= 0.3 is 0 Å². The number of nitrogens with zero attached hydrogens (tertiary/aromatic N) is 4. The number of aromatic nitrogens is 3. The summed E-state index contributed by atoms with van der Waals surface area (Å²) < 4.78 is 2.33. The third kappa shape index (κ3) is 4.72. The quantitative estimate of drug-likeness (QED) is 0.474. The number of aryl methyl sites for hydroxylation is 2. The van der Waals surface area contributed by atoms with Crippen molar-refractivity contribution < 1.29 is 0 Å². The fourth-order valence-corrected chi connectivity index (χ4v) is 2.65. The summed E-state index contributed by atoms with van der Waals surface area (Å²) in [5, 5.41) is 15.3. The van der Waals surface area contributed by atoms with E-state index in [1.807, 2.05) is 7.05 Å². The molecule has 21 heavy (non-hydrogen) atoms. The molecule has 0 atom stereocenters. The molecule has 2 rings (SSSR count). The molecule has 6 nitrogen and oxygen atoms in total. The Morgan fingerprint density at radius 1 is 1.19 bits per heavy atom. The highest BCUT2D eigenvalue weighted by molar-refractivity contribution is 5.79. The third-order valence-corrected chi connectivity index (χ3v) is 3.82. The molecule has 0 aliphatic carbocycles. The van der Waals surface area contributed by atoms with Crippen LogP contribution in [0.5, 0.6) is 0 Å². The lowest BCUT2D eigenvalue weighted by Gasteiger charge is -2.11. The zero-order valence-electron chi connectivity index (χ0n) is 13.4. The molecule has 118 valence electrons. The lowest BCUT2D eigenvalue weighted by atomic mass is 10.2. The minimum atomic E-state index is 0.886. The van der Waals surface area contributed by atoms with E-state index in [1.165, 1.54) is 25.1 Å². The standard InChI is InChI=1S/C15H28N6/c1-3-10-17-15(16-2)18-11-7-9-14-20-19-13-8-5-4-6-12-21(13)14/h3-12H2,1-2H3,(H2,16,17,18). The molecule has 1 aliphatic rings. The van der Waals surface area contributed by atoms with E-state index in [9.17, 15) is 0 Å². The van der Waals surface area contributed by atoms with Crippen LogP contribution in [0.2, 0.25) is 0 Å². The number of fused-ring (bicyclic) bond motifs is 1. The van der Waals surface area contributed by atoms with Crippen molar-refractivity contribution in [1.82, 2.24) is 25.4 Å². The number of hydrogen-bond donors (Lipinski definition) is 2. The molecule has 6 heteroatoms. The highest BCUT2D eigenvalue weighted by atomic mass is 15.3. The highest BCUT2D eigenvalue weighted by Crippen LogP contribution is 2.15. The van der Waals surface area contributed by atoms with Gasteiger partial charge < -0.3 is 15.2 Å². The topological polar surface area (TPSA) is 67.1 Å². The van der Waals surface area contributed by atoms with E-state index in [0.717, 1.165) is 57.1 Å². The minimum absolute atomic E-state index is 0.886. The molecule has 0 unspecified atom stereocenters. The molecule has 1 aromatic rings. The maximum absolute atomic E-state index is 4.37. The molecule has 0 fully saturated rings. The Kier molecular flexibility index (Phi) is 6.50. The van der Waals surface area contributed by atoms with Crippen LogP contribution < -0.4 is 10.6 Å². The first-order chi connectivity index (χ1) is 10.3. The van der Waals surface area contributed by atoms with Gasteiger partial charge in [0, 0.05) is 39.5 Å². The first-order valence-corrected chi connectivity index (χ1v) is 8.20. The Bertz CT molecular complexity index is 451. The second-order valence-corrected chi connectivity index (χ2v) is 5.52. The fourth-order valence-electron chi connectivity index (χ4n) is 2.65. The Morgan fingerprint density at radius 2 is 2.05 bits per heavy atom. The predicted octanol–water partition coefficient (Wildman–Crippen LogP) is 1.51. The number of aliphatic imine (C=N–C) groups is 1. The summed E-state index contributed by atoms with van der Waals surface area (Å²) in [6.07, 6.45) is 8.02. The van der Waals surface area contributed by atoms with Gasteiger partial charge in [-0.05, 0) is 25.7 Å². The molecule has 2 N–H and O–H groups in total. The minimum Gasteiger partial charge on any atom is -0.356 e. The van der Waals surface area contributed by atoms with Crippen LogP contribution in [0, 0.1) is 0 Å². The van der Waals surface area contributed by atoms with Gasteiger partial charge in [0.05, 0.1) is 0 Å². The van der Waals surface area contributed by atoms with Gasteiger partial charge in [-0.1, -0.05) is 13.3 Å². The molecular weight excluding hydrogens is 264 g/mol. The molecule has 0 saturated heterocycles. The van der Waals surface area contributed by atoms with E-state index < -0.39 is 0 Å². The van der Waals surface area contributed by atoms with Crippen LogP contribution in [0.3, 0.4) is 0 Å². The summed E-state index contributed by atoms with van der Waals surface area (Å²) in [4.78, 5) is 4.20. The molecule has 2 heterocycles. The number of rotatable bonds is 6. The van der Waals surface area contributed by atoms with Gasteiger partial charge in [0.25, 0.3) is 0 Å². The van der Waals surface area contributed by atoms with Crippen molar-refractivity contribution in [3.05, 3.63) is 11.6 Å². The fraction of sp³-hybridized carbons (Fsp3) is 0.800. The van der Waals surface area contributed by atoms with Gasteiger partial charge in [0.1, 0.15) is 11.6 Å². The molecule has 0 amide bonds. The Labute approximate surface area is 127 Å². The van der Waals surface area contributed by atoms with E-state index in [2.05, 4.69) is 37.3 Å². The van der Waals surface area contributed by atoms with Gasteiger partial charge in [-0.15, -0.1) is 10.2 Å². The largest absolute Gasteiger partial charge is 0.356 e. The van der Waals surface area contributed by atoms with Crippen molar-refractivity contribution in [2.24, 2.45) is 4.99 Å². The van der Waals surface area contributed by atoms with Crippen molar-refractivity contribution in [2.75, 3.05) is 20.1 Å². The van der Waals surface area contributed by atoms with Crippen molar-refractivity contribution in [1.29, 1.82) is 0 Å². The van der Waals surface area contributed by atoms with Crippen molar-refractivity contribution in [2.45, 2.75) is 58.4 Å². The van der Waals surface area contributed by atoms with Gasteiger partial charge in [-0.25, -0.2) is 0 Å². The van der Waals surface area contributed by atoms with Crippen LogP contribution in [-0.2, 0) is 19.4 Å². The monoisotopic (exact) mass is 292 g/mol. The summed E-state index contributed by atoms with van der Waals surface area (Å²) >= 11 is 0. The molecule has 0 spiro atoms. The van der Waals surface area contributed by atoms with Crippen molar-refractivity contribution in [3.8, 4) is 0 Å². The Morgan fingerprint density at radius 3 is 2.86 bits per heavy atom. The zero-order chi connectivity index (χ0) is 14.9. The van der Waals surface area contributed by atoms with Crippen LogP contribution in [0.1, 0.15) is 50.7 Å². The molecule has 0 saturated carbocycles. The van der Waals surface area contributed by atoms with E-state index in [0.29, 0.717) is 0 Å². The summed E-state index contributed by atoms with van der Waals surface area (Å²) in [5.74, 6) is 3.21. The number of guanidine groups is 1. The molecular formula is C15H28N6. The zero-order valence-corrected chi connectivity index (χ0v) is 13.4. The molecule has 1 aromatic heterocycles. The van der Waals surface area contributed by atoms with Crippen LogP contribution in [0.4, 0.5) is 0 Å². The number of hydrogen-bond acceptors (Lipinski definition) is 3. The van der Waals surface area contributed by atoms with E-state index in [-0.39, 0.29) is 0 Å². The molecule has 0 bridgehead atoms. The average molecular weight is 292 g/mol.